The van der Waals surface area contributed by atoms with Crippen molar-refractivity contribution in [3.8, 4) is 0 Å². The number of hydrogen-bond acceptors (Lipinski definition) is 5. The van der Waals surface area contributed by atoms with Gasteiger partial charge in [-0.3, -0.25) is 4.79 Å². The summed E-state index contributed by atoms with van der Waals surface area (Å²) < 4.78 is 0. The molecular weight excluding hydrogens is 284 g/mol. The van der Waals surface area contributed by atoms with Crippen molar-refractivity contribution in [3.63, 3.8) is 0 Å². The predicted octanol–water partition coefficient (Wildman–Crippen LogP) is 1.44. The molecule has 6 heteroatoms. The van der Waals surface area contributed by atoms with E-state index in [1.165, 1.54) is 0 Å². The molecule has 0 radical (unpaired) electrons. The van der Waals surface area contributed by atoms with Gasteiger partial charge in [0.2, 0.25) is 5.91 Å². The zero-order chi connectivity index (χ0) is 14.7. The van der Waals surface area contributed by atoms with Crippen molar-refractivity contribution in [2.45, 2.75) is 19.8 Å². The summed E-state index contributed by atoms with van der Waals surface area (Å²) in [7, 11) is 0. The number of aryl methyl sites for hydroxylation is 1. The molecule has 5 nitrogen and oxygen atoms in total. The quantitative estimate of drug-likeness (QED) is 0.846. The molecular formula is C15H22N4OS. The van der Waals surface area contributed by atoms with Gasteiger partial charge >= 0.3 is 0 Å². The van der Waals surface area contributed by atoms with Crippen LogP contribution < -0.4 is 4.90 Å². The number of nitrogens with zero attached hydrogens (tertiary/aromatic N) is 4. The molecule has 21 heavy (non-hydrogen) atoms. The van der Waals surface area contributed by atoms with Crippen LogP contribution in [0.2, 0.25) is 0 Å². The summed E-state index contributed by atoms with van der Waals surface area (Å²) in [4.78, 5) is 25.4. The van der Waals surface area contributed by atoms with Gasteiger partial charge in [-0.25, -0.2) is 9.97 Å². The van der Waals surface area contributed by atoms with Crippen LogP contribution in [0.4, 0.5) is 5.82 Å². The van der Waals surface area contributed by atoms with Crippen molar-refractivity contribution in [1.29, 1.82) is 0 Å². The molecule has 0 saturated carbocycles. The lowest BCUT2D eigenvalue weighted by molar-refractivity contribution is -0.134. The van der Waals surface area contributed by atoms with Crippen molar-refractivity contribution < 1.29 is 4.79 Å². The summed E-state index contributed by atoms with van der Waals surface area (Å²) in [6, 6.07) is 2.05. The number of thioether (sulfide) groups is 1. The first-order valence-electron chi connectivity index (χ1n) is 7.70. The standard InChI is InChI=1S/C15H22N4OS/c1-2-13-9-14(17-11-16-13)19-4-3-12(10-19)15(20)18-5-7-21-8-6-18/h9,11-12H,2-8,10H2,1H3. The Labute approximate surface area is 130 Å². The molecule has 2 fully saturated rings. The topological polar surface area (TPSA) is 49.3 Å². The fourth-order valence-corrected chi connectivity index (χ4v) is 3.87. The first-order valence-corrected chi connectivity index (χ1v) is 8.86. The zero-order valence-electron chi connectivity index (χ0n) is 12.5. The predicted molar refractivity (Wildman–Crippen MR) is 85.6 cm³/mol. The minimum atomic E-state index is 0.133. The Morgan fingerprint density at radius 3 is 2.90 bits per heavy atom. The molecule has 2 aliphatic rings. The third-order valence-corrected chi connectivity index (χ3v) is 5.20. The third kappa shape index (κ3) is 3.31. The molecule has 3 rings (SSSR count). The largest absolute Gasteiger partial charge is 0.356 e. The van der Waals surface area contributed by atoms with Gasteiger partial charge in [-0.05, 0) is 12.8 Å². The average molecular weight is 306 g/mol. The zero-order valence-corrected chi connectivity index (χ0v) is 13.3. The van der Waals surface area contributed by atoms with Gasteiger partial charge in [0.25, 0.3) is 0 Å². The van der Waals surface area contributed by atoms with Crippen LogP contribution in [0.25, 0.3) is 0 Å². The molecule has 2 aliphatic heterocycles. The van der Waals surface area contributed by atoms with Crippen LogP contribution in [-0.4, -0.2) is 58.5 Å². The minimum Gasteiger partial charge on any atom is -0.356 e. The minimum absolute atomic E-state index is 0.133. The smallest absolute Gasteiger partial charge is 0.227 e. The van der Waals surface area contributed by atoms with Crippen molar-refractivity contribution in [2.24, 2.45) is 5.92 Å². The molecule has 1 atom stereocenters. The normalized spacial score (nSPS) is 22.6. The Bertz CT molecular complexity index is 504. The van der Waals surface area contributed by atoms with Gasteiger partial charge in [0.15, 0.2) is 0 Å². The van der Waals surface area contributed by atoms with Crippen molar-refractivity contribution in [2.75, 3.05) is 42.6 Å². The summed E-state index contributed by atoms with van der Waals surface area (Å²) in [5.74, 6) is 3.59. The fraction of sp³-hybridized carbons (Fsp3) is 0.667. The van der Waals surface area contributed by atoms with Crippen LogP contribution in [0, 0.1) is 5.92 Å². The number of carbonyl (C=O) groups excluding carboxylic acids is 1. The number of amides is 1. The highest BCUT2D eigenvalue weighted by Crippen LogP contribution is 2.24. The van der Waals surface area contributed by atoms with Gasteiger partial charge in [-0.1, -0.05) is 6.92 Å². The summed E-state index contributed by atoms with van der Waals surface area (Å²) in [6.07, 6.45) is 3.48. The molecule has 114 valence electrons. The van der Waals surface area contributed by atoms with E-state index in [1.807, 2.05) is 22.7 Å². The number of rotatable bonds is 3. The lowest BCUT2D eigenvalue weighted by Gasteiger charge is -2.29. The molecule has 1 aromatic heterocycles. The van der Waals surface area contributed by atoms with E-state index in [0.717, 1.165) is 62.0 Å². The molecule has 0 N–H and O–H groups in total. The van der Waals surface area contributed by atoms with Gasteiger partial charge in [-0.15, -0.1) is 0 Å². The Hall–Kier alpha value is -1.30. The van der Waals surface area contributed by atoms with Gasteiger partial charge in [-0.2, -0.15) is 11.8 Å². The van der Waals surface area contributed by atoms with Gasteiger partial charge < -0.3 is 9.80 Å². The second-order valence-corrected chi connectivity index (χ2v) is 6.82. The Morgan fingerprint density at radius 1 is 1.33 bits per heavy atom. The number of carbonyl (C=O) groups is 1. The molecule has 1 unspecified atom stereocenters. The number of aromatic nitrogens is 2. The maximum absolute atomic E-state index is 12.6. The van der Waals surface area contributed by atoms with E-state index >= 15 is 0 Å². The molecule has 2 saturated heterocycles. The molecule has 1 amide bonds. The van der Waals surface area contributed by atoms with E-state index in [0.29, 0.717) is 5.91 Å². The van der Waals surface area contributed by atoms with E-state index in [-0.39, 0.29) is 5.92 Å². The highest BCUT2D eigenvalue weighted by Gasteiger charge is 2.32. The van der Waals surface area contributed by atoms with E-state index in [1.54, 1.807) is 6.33 Å². The maximum atomic E-state index is 12.6. The van der Waals surface area contributed by atoms with Crippen LogP contribution in [-0.2, 0) is 11.2 Å². The number of anilines is 1. The summed E-state index contributed by atoms with van der Waals surface area (Å²) in [5, 5.41) is 0. The van der Waals surface area contributed by atoms with E-state index in [4.69, 9.17) is 0 Å². The average Bonchev–Trinajstić information content (AvgIpc) is 3.05. The van der Waals surface area contributed by atoms with Crippen LogP contribution in [0.3, 0.4) is 0 Å². The monoisotopic (exact) mass is 306 g/mol. The Morgan fingerprint density at radius 2 is 2.14 bits per heavy atom. The van der Waals surface area contributed by atoms with E-state index < -0.39 is 0 Å². The van der Waals surface area contributed by atoms with Crippen LogP contribution in [0.5, 0.6) is 0 Å². The highest BCUT2D eigenvalue weighted by atomic mass is 32.2. The van der Waals surface area contributed by atoms with Crippen LogP contribution in [0.1, 0.15) is 19.0 Å². The van der Waals surface area contributed by atoms with Crippen LogP contribution >= 0.6 is 11.8 Å². The molecule has 0 spiro atoms. The summed E-state index contributed by atoms with van der Waals surface area (Å²) in [5.41, 5.74) is 1.06. The van der Waals surface area contributed by atoms with Gasteiger partial charge in [0, 0.05) is 49.4 Å². The van der Waals surface area contributed by atoms with Crippen molar-refractivity contribution in [3.05, 3.63) is 18.1 Å². The Balaban J connectivity index is 1.63. The second-order valence-electron chi connectivity index (χ2n) is 5.59. The lowest BCUT2D eigenvalue weighted by Crippen LogP contribution is -2.42. The highest BCUT2D eigenvalue weighted by molar-refractivity contribution is 7.99. The summed E-state index contributed by atoms with van der Waals surface area (Å²) >= 11 is 1.94. The molecule has 0 aromatic carbocycles. The van der Waals surface area contributed by atoms with Crippen LogP contribution in [0.15, 0.2) is 12.4 Å². The Kier molecular flexibility index (Phi) is 4.63. The molecule has 3 heterocycles. The molecule has 0 bridgehead atoms. The second kappa shape index (κ2) is 6.64. The number of hydrogen-bond donors (Lipinski definition) is 0. The van der Waals surface area contributed by atoms with E-state index in [2.05, 4.69) is 21.8 Å². The summed E-state index contributed by atoms with van der Waals surface area (Å²) in [6.45, 7) is 5.62. The maximum Gasteiger partial charge on any atom is 0.227 e. The fourth-order valence-electron chi connectivity index (χ4n) is 2.96. The third-order valence-electron chi connectivity index (χ3n) is 4.26. The first kappa shape index (κ1) is 14.6. The van der Waals surface area contributed by atoms with E-state index in [9.17, 15) is 4.79 Å². The van der Waals surface area contributed by atoms with Gasteiger partial charge in [0.1, 0.15) is 12.1 Å². The molecule has 0 aliphatic carbocycles. The van der Waals surface area contributed by atoms with Gasteiger partial charge in [0.05, 0.1) is 5.92 Å². The SMILES string of the molecule is CCc1cc(N2CCC(C(=O)N3CCSCC3)C2)ncn1. The first-order chi connectivity index (χ1) is 10.3. The van der Waals surface area contributed by atoms with Crippen molar-refractivity contribution >= 4 is 23.5 Å². The lowest BCUT2D eigenvalue weighted by atomic mass is 10.1. The molecule has 1 aromatic rings. The van der Waals surface area contributed by atoms with Crippen molar-refractivity contribution in [1.82, 2.24) is 14.9 Å².